The van der Waals surface area contributed by atoms with Gasteiger partial charge in [-0.25, -0.2) is 9.97 Å². The van der Waals surface area contributed by atoms with Crippen LogP contribution in [0.1, 0.15) is 29.9 Å². The maximum absolute atomic E-state index is 12.1. The number of anilines is 2. The highest BCUT2D eigenvalue weighted by atomic mass is 16.1. The fraction of sp³-hybridized carbons (Fsp3) is 0.120. The molecule has 0 atom stereocenters. The minimum absolute atomic E-state index is 0.122. The summed E-state index contributed by atoms with van der Waals surface area (Å²) in [6.07, 6.45) is 3.52. The van der Waals surface area contributed by atoms with Gasteiger partial charge in [-0.15, -0.1) is 0 Å². The quantitative estimate of drug-likeness (QED) is 0.235. The van der Waals surface area contributed by atoms with Crippen LogP contribution < -0.4 is 16.1 Å². The van der Waals surface area contributed by atoms with Gasteiger partial charge in [-0.05, 0) is 67.4 Å². The predicted octanol–water partition coefficient (Wildman–Crippen LogP) is 4.68. The highest BCUT2D eigenvalue weighted by molar-refractivity contribution is 5.98. The van der Waals surface area contributed by atoms with E-state index in [1.165, 1.54) is 0 Å². The summed E-state index contributed by atoms with van der Waals surface area (Å²) in [5.74, 6) is 1.17. The van der Waals surface area contributed by atoms with E-state index in [0.29, 0.717) is 23.9 Å². The van der Waals surface area contributed by atoms with Gasteiger partial charge in [-0.3, -0.25) is 10.2 Å². The van der Waals surface area contributed by atoms with Crippen LogP contribution in [0.2, 0.25) is 0 Å². The maximum Gasteiger partial charge on any atom is 0.267 e. The Labute approximate surface area is 191 Å². The molecule has 2 heterocycles. The fourth-order valence-electron chi connectivity index (χ4n) is 3.41. The van der Waals surface area contributed by atoms with Crippen LogP contribution in [0, 0.1) is 0 Å². The Kier molecular flexibility index (Phi) is 6.45. The van der Waals surface area contributed by atoms with Gasteiger partial charge in [-0.1, -0.05) is 12.1 Å². The lowest BCUT2D eigenvalue weighted by Crippen LogP contribution is -2.22. The molecule has 2 aromatic carbocycles. The van der Waals surface area contributed by atoms with Gasteiger partial charge in [0.25, 0.3) is 5.91 Å². The molecule has 0 aliphatic heterocycles. The third-order valence-electron chi connectivity index (χ3n) is 5.10. The number of hydrogen-bond acceptors (Lipinski definition) is 6. The molecule has 0 unspecified atom stereocenters. The summed E-state index contributed by atoms with van der Waals surface area (Å²) in [7, 11) is 0. The molecule has 166 valence electrons. The largest absolute Gasteiger partial charge is 0.351 e. The lowest BCUT2D eigenvalue weighted by molar-refractivity contribution is 0.0951. The zero-order valence-electron chi connectivity index (χ0n) is 18.5. The highest BCUT2D eigenvalue weighted by Crippen LogP contribution is 2.25. The van der Waals surface area contributed by atoms with E-state index < -0.39 is 0 Å². The molecule has 0 saturated heterocycles. The van der Waals surface area contributed by atoms with E-state index in [-0.39, 0.29) is 5.91 Å². The molecule has 33 heavy (non-hydrogen) atoms. The molecule has 4 aromatic rings. The number of nitrogens with one attached hydrogen (secondary N) is 4. The van der Waals surface area contributed by atoms with Crippen LogP contribution in [0.5, 0.6) is 0 Å². The van der Waals surface area contributed by atoms with E-state index in [1.54, 1.807) is 12.4 Å². The Morgan fingerprint density at radius 1 is 1.15 bits per heavy atom. The van der Waals surface area contributed by atoms with E-state index in [9.17, 15) is 4.79 Å². The number of rotatable bonds is 8. The van der Waals surface area contributed by atoms with Gasteiger partial charge in [0.05, 0.1) is 0 Å². The van der Waals surface area contributed by atoms with Crippen molar-refractivity contribution in [2.75, 3.05) is 11.9 Å². The first-order valence-corrected chi connectivity index (χ1v) is 10.6. The molecule has 1 amide bonds. The molecule has 2 aromatic heterocycles. The molecule has 0 aliphatic carbocycles. The summed E-state index contributed by atoms with van der Waals surface area (Å²) >= 11 is 0. The zero-order chi connectivity index (χ0) is 23.2. The van der Waals surface area contributed by atoms with Crippen LogP contribution in [0.25, 0.3) is 27.9 Å². The Bertz CT molecular complexity index is 1320. The third-order valence-corrected chi connectivity index (χ3v) is 5.10. The first-order chi connectivity index (χ1) is 16.1. The average molecular weight is 440 g/mol. The van der Waals surface area contributed by atoms with Crippen LogP contribution in [-0.2, 0) is 0 Å². The number of benzene rings is 2. The van der Waals surface area contributed by atoms with E-state index in [0.717, 1.165) is 33.3 Å². The van der Waals surface area contributed by atoms with Crippen molar-refractivity contribution in [2.24, 2.45) is 5.10 Å². The molecule has 0 spiro atoms. The summed E-state index contributed by atoms with van der Waals surface area (Å²) in [5.41, 5.74) is 8.07. The van der Waals surface area contributed by atoms with E-state index in [2.05, 4.69) is 42.8 Å². The van der Waals surface area contributed by atoms with E-state index in [4.69, 9.17) is 0 Å². The maximum atomic E-state index is 12.1. The standard InChI is InChI=1S/C25H25N7O/c1-4-27-25(33)22-14-19-13-18(7-10-21(19)31-22)24-28-12-11-23(32-24)30-20-8-5-17(6-9-20)16(2)15-29-26-3/h5-15,29,31H,3-4H2,1-2H3,(H,27,33)(H,28,30,32)/b16-15+. The number of amides is 1. The highest BCUT2D eigenvalue weighted by Gasteiger charge is 2.10. The molecule has 0 bridgehead atoms. The Balaban J connectivity index is 1.53. The second-order valence-corrected chi connectivity index (χ2v) is 7.43. The SMILES string of the molecule is C=NN/C=C(\C)c1ccc(Nc2ccnc(-c3ccc4[nH]c(C(=O)NCC)cc4c3)n2)cc1. The van der Waals surface area contributed by atoms with Gasteiger partial charge in [0.2, 0.25) is 0 Å². The minimum Gasteiger partial charge on any atom is -0.351 e. The van der Waals surface area contributed by atoms with Crippen molar-refractivity contribution in [1.82, 2.24) is 25.7 Å². The summed E-state index contributed by atoms with van der Waals surface area (Å²) in [6, 6.07) is 17.5. The van der Waals surface area contributed by atoms with E-state index >= 15 is 0 Å². The molecule has 0 fully saturated rings. The number of allylic oxidation sites excluding steroid dienone is 1. The second-order valence-electron chi connectivity index (χ2n) is 7.43. The summed E-state index contributed by atoms with van der Waals surface area (Å²) in [5, 5.41) is 10.7. The normalized spacial score (nSPS) is 11.3. The number of H-pyrrole nitrogens is 1. The van der Waals surface area contributed by atoms with Crippen LogP contribution >= 0.6 is 0 Å². The smallest absolute Gasteiger partial charge is 0.267 e. The number of carbonyl (C=O) groups is 1. The second kappa shape index (κ2) is 9.78. The molecular weight excluding hydrogens is 414 g/mol. The fourth-order valence-corrected chi connectivity index (χ4v) is 3.41. The molecule has 4 N–H and O–H groups in total. The molecule has 8 nitrogen and oxygen atoms in total. The van der Waals surface area contributed by atoms with Gasteiger partial charge in [0, 0.05) is 47.8 Å². The molecule has 0 radical (unpaired) electrons. The van der Waals surface area contributed by atoms with Crippen molar-refractivity contribution >= 4 is 40.6 Å². The number of nitrogens with zero attached hydrogens (tertiary/aromatic N) is 3. The molecule has 0 aliphatic rings. The average Bonchev–Trinajstić information content (AvgIpc) is 3.27. The van der Waals surface area contributed by atoms with Crippen LogP contribution in [0.4, 0.5) is 11.5 Å². The zero-order valence-corrected chi connectivity index (χ0v) is 18.5. The minimum atomic E-state index is -0.122. The van der Waals surface area contributed by atoms with Gasteiger partial charge < -0.3 is 15.6 Å². The van der Waals surface area contributed by atoms with Crippen molar-refractivity contribution in [3.05, 3.63) is 78.3 Å². The first kappa shape index (κ1) is 21.8. The lowest BCUT2D eigenvalue weighted by Gasteiger charge is -2.09. The molecular formula is C25H25N7O. The van der Waals surface area contributed by atoms with Gasteiger partial charge in [-0.2, -0.15) is 5.10 Å². The summed E-state index contributed by atoms with van der Waals surface area (Å²) in [4.78, 5) is 24.3. The monoisotopic (exact) mass is 439 g/mol. The number of aromatic amines is 1. The third kappa shape index (κ3) is 5.07. The lowest BCUT2D eigenvalue weighted by atomic mass is 10.1. The predicted molar refractivity (Wildman–Crippen MR) is 133 cm³/mol. The van der Waals surface area contributed by atoms with Crippen molar-refractivity contribution in [3.63, 3.8) is 0 Å². The van der Waals surface area contributed by atoms with Crippen LogP contribution in [0.15, 0.2) is 72.1 Å². The topological polar surface area (TPSA) is 107 Å². The van der Waals surface area contributed by atoms with Gasteiger partial charge >= 0.3 is 0 Å². The Hall–Kier alpha value is -4.46. The van der Waals surface area contributed by atoms with Crippen molar-refractivity contribution in [3.8, 4) is 11.4 Å². The number of hydrogen-bond donors (Lipinski definition) is 4. The van der Waals surface area contributed by atoms with Crippen LogP contribution in [0.3, 0.4) is 0 Å². The molecule has 0 saturated carbocycles. The number of fused-ring (bicyclic) bond motifs is 1. The summed E-state index contributed by atoms with van der Waals surface area (Å²) in [6.45, 7) is 7.87. The number of carbonyl (C=O) groups excluding carboxylic acids is 1. The number of aromatic nitrogens is 3. The van der Waals surface area contributed by atoms with Gasteiger partial charge in [0.1, 0.15) is 11.5 Å². The molecule has 4 rings (SSSR count). The Morgan fingerprint density at radius 3 is 2.73 bits per heavy atom. The number of hydrazone groups is 1. The van der Waals surface area contributed by atoms with Crippen molar-refractivity contribution in [1.29, 1.82) is 0 Å². The Morgan fingerprint density at radius 2 is 1.97 bits per heavy atom. The summed E-state index contributed by atoms with van der Waals surface area (Å²) < 4.78 is 0. The van der Waals surface area contributed by atoms with E-state index in [1.807, 2.05) is 68.4 Å². The first-order valence-electron chi connectivity index (χ1n) is 10.6. The van der Waals surface area contributed by atoms with Crippen LogP contribution in [-0.4, -0.2) is 34.1 Å². The van der Waals surface area contributed by atoms with Crippen molar-refractivity contribution in [2.45, 2.75) is 13.8 Å². The molecule has 8 heteroatoms. The van der Waals surface area contributed by atoms with Gasteiger partial charge in [0.15, 0.2) is 5.82 Å². The van der Waals surface area contributed by atoms with Crippen molar-refractivity contribution < 1.29 is 4.79 Å².